The van der Waals surface area contributed by atoms with Crippen molar-refractivity contribution < 1.29 is 4.79 Å². The molecule has 23 heavy (non-hydrogen) atoms. The number of likely N-dealkylation sites (N-methyl/N-ethyl adjacent to an activating group) is 1. The molecule has 0 spiro atoms. The van der Waals surface area contributed by atoms with Crippen molar-refractivity contribution in [3.8, 4) is 0 Å². The molecule has 2 rings (SSSR count). The summed E-state index contributed by atoms with van der Waals surface area (Å²) < 4.78 is 0. The molecule has 1 aromatic rings. The van der Waals surface area contributed by atoms with Gasteiger partial charge < -0.3 is 11.1 Å². The van der Waals surface area contributed by atoms with Crippen LogP contribution in [0.25, 0.3) is 0 Å². The molecule has 0 heterocycles. The van der Waals surface area contributed by atoms with Crippen molar-refractivity contribution in [3.05, 3.63) is 35.9 Å². The van der Waals surface area contributed by atoms with Gasteiger partial charge in [0, 0.05) is 24.7 Å². The van der Waals surface area contributed by atoms with E-state index in [0.717, 1.165) is 5.56 Å². The monoisotopic (exact) mass is 361 g/mol. The van der Waals surface area contributed by atoms with E-state index >= 15 is 0 Å². The third kappa shape index (κ3) is 6.30. The van der Waals surface area contributed by atoms with Gasteiger partial charge in [-0.25, -0.2) is 0 Å². The van der Waals surface area contributed by atoms with E-state index in [9.17, 15) is 4.79 Å². The Kier molecular flexibility index (Phi) is 9.78. The molecule has 0 bridgehead atoms. The van der Waals surface area contributed by atoms with Gasteiger partial charge in [0.1, 0.15) is 0 Å². The molecule has 1 aliphatic carbocycles. The molecule has 6 heteroatoms. The van der Waals surface area contributed by atoms with Crippen molar-refractivity contribution >= 4 is 30.7 Å². The molecule has 0 aliphatic heterocycles. The predicted molar refractivity (Wildman–Crippen MR) is 100 cm³/mol. The lowest BCUT2D eigenvalue weighted by Gasteiger charge is -2.26. The van der Waals surface area contributed by atoms with Crippen molar-refractivity contribution in [2.45, 2.75) is 44.8 Å². The van der Waals surface area contributed by atoms with Gasteiger partial charge in [0.25, 0.3) is 0 Å². The van der Waals surface area contributed by atoms with Crippen LogP contribution in [0.3, 0.4) is 0 Å². The van der Waals surface area contributed by atoms with Crippen LogP contribution < -0.4 is 11.1 Å². The average molecular weight is 362 g/mol. The number of carbonyl (C=O) groups excluding carboxylic acids is 1. The van der Waals surface area contributed by atoms with E-state index < -0.39 is 0 Å². The number of rotatable bonds is 7. The van der Waals surface area contributed by atoms with Crippen LogP contribution in [0.2, 0.25) is 0 Å². The minimum Gasteiger partial charge on any atom is -0.354 e. The van der Waals surface area contributed by atoms with E-state index in [1.54, 1.807) is 0 Å². The fraction of sp³-hybridized carbons (Fsp3) is 0.588. The van der Waals surface area contributed by atoms with Crippen molar-refractivity contribution in [1.82, 2.24) is 10.2 Å². The predicted octanol–water partition coefficient (Wildman–Crippen LogP) is 2.77. The molecule has 132 valence electrons. The smallest absolute Gasteiger partial charge is 0.224 e. The van der Waals surface area contributed by atoms with E-state index in [4.69, 9.17) is 5.73 Å². The molecule has 0 aromatic heterocycles. The first kappa shape index (κ1) is 22.2. The molecule has 1 aromatic carbocycles. The van der Waals surface area contributed by atoms with Crippen molar-refractivity contribution in [3.63, 3.8) is 0 Å². The summed E-state index contributed by atoms with van der Waals surface area (Å²) in [5.41, 5.74) is 7.20. The lowest BCUT2D eigenvalue weighted by molar-refractivity contribution is -0.125. The van der Waals surface area contributed by atoms with E-state index in [1.807, 2.05) is 37.3 Å². The number of hydrogen-bond acceptors (Lipinski definition) is 3. The highest BCUT2D eigenvalue weighted by Crippen LogP contribution is 2.26. The highest BCUT2D eigenvalue weighted by atomic mass is 35.5. The number of nitrogens with two attached hydrogens (primary N) is 1. The molecule has 0 radical (unpaired) electrons. The van der Waals surface area contributed by atoms with Crippen LogP contribution >= 0.6 is 24.8 Å². The lowest BCUT2D eigenvalue weighted by Crippen LogP contribution is -2.44. The first-order valence-electron chi connectivity index (χ1n) is 7.81. The molecule has 3 atom stereocenters. The Morgan fingerprint density at radius 1 is 1.26 bits per heavy atom. The van der Waals surface area contributed by atoms with Crippen molar-refractivity contribution in [2.24, 2.45) is 11.7 Å². The molecule has 1 saturated carbocycles. The normalized spacial score (nSPS) is 17.4. The molecular weight excluding hydrogens is 333 g/mol. The zero-order valence-electron chi connectivity index (χ0n) is 14.1. The zero-order chi connectivity index (χ0) is 15.4. The highest BCUT2D eigenvalue weighted by Gasteiger charge is 2.29. The van der Waals surface area contributed by atoms with Crippen molar-refractivity contribution in [1.29, 1.82) is 0 Å². The third-order valence-electron chi connectivity index (χ3n) is 4.53. The SMILES string of the molecule is CC(C(=O)NCC(C)N(C)C1CC1)C(N)c1ccccc1.Cl.Cl. The Hall–Kier alpha value is -0.810. The third-order valence-corrected chi connectivity index (χ3v) is 4.53. The van der Waals surface area contributed by atoms with Crippen LogP contribution in [0.15, 0.2) is 30.3 Å². The van der Waals surface area contributed by atoms with Crippen LogP contribution in [-0.2, 0) is 4.79 Å². The van der Waals surface area contributed by atoms with Crippen LogP contribution in [0.4, 0.5) is 0 Å². The summed E-state index contributed by atoms with van der Waals surface area (Å²) in [6.07, 6.45) is 2.56. The first-order valence-corrected chi connectivity index (χ1v) is 7.81. The highest BCUT2D eigenvalue weighted by molar-refractivity contribution is 5.85. The summed E-state index contributed by atoms with van der Waals surface area (Å²) in [6, 6.07) is 10.6. The Bertz CT molecular complexity index is 468. The topological polar surface area (TPSA) is 58.4 Å². The quantitative estimate of drug-likeness (QED) is 0.784. The van der Waals surface area contributed by atoms with E-state index in [0.29, 0.717) is 18.6 Å². The van der Waals surface area contributed by atoms with Gasteiger partial charge in [0.15, 0.2) is 0 Å². The summed E-state index contributed by atoms with van der Waals surface area (Å²) in [6.45, 7) is 4.72. The fourth-order valence-electron chi connectivity index (χ4n) is 2.52. The number of amides is 1. The van der Waals surface area contributed by atoms with Gasteiger partial charge >= 0.3 is 0 Å². The van der Waals surface area contributed by atoms with Gasteiger partial charge in [-0.3, -0.25) is 9.69 Å². The second-order valence-electron chi connectivity index (χ2n) is 6.22. The number of carbonyl (C=O) groups is 1. The number of benzene rings is 1. The lowest BCUT2D eigenvalue weighted by atomic mass is 9.94. The maximum Gasteiger partial charge on any atom is 0.224 e. The van der Waals surface area contributed by atoms with Crippen LogP contribution in [-0.4, -0.2) is 36.5 Å². The van der Waals surface area contributed by atoms with Crippen molar-refractivity contribution in [2.75, 3.05) is 13.6 Å². The van der Waals surface area contributed by atoms with E-state index in [2.05, 4.69) is 24.2 Å². The number of nitrogens with zero attached hydrogens (tertiary/aromatic N) is 1. The standard InChI is InChI=1S/C17H27N3O.2ClH/c1-12(20(3)15-9-10-15)11-19-17(21)13(2)16(18)14-7-5-4-6-8-14;;/h4-8,12-13,15-16H,9-11,18H2,1-3H3,(H,19,21);2*1H. The Morgan fingerprint density at radius 2 is 1.83 bits per heavy atom. The Labute approximate surface area is 152 Å². The summed E-state index contributed by atoms with van der Waals surface area (Å²) >= 11 is 0. The van der Waals surface area contributed by atoms with Crippen LogP contribution in [0, 0.1) is 5.92 Å². The number of halogens is 2. The summed E-state index contributed by atoms with van der Waals surface area (Å²) in [7, 11) is 2.13. The van der Waals surface area contributed by atoms with Crippen LogP contribution in [0.5, 0.6) is 0 Å². The minimum absolute atomic E-state index is 0. The molecule has 1 fully saturated rings. The fourth-order valence-corrected chi connectivity index (χ4v) is 2.52. The maximum atomic E-state index is 12.3. The molecule has 3 N–H and O–H groups in total. The molecule has 3 unspecified atom stereocenters. The summed E-state index contributed by atoms with van der Waals surface area (Å²) in [5, 5.41) is 3.04. The van der Waals surface area contributed by atoms with E-state index in [1.165, 1.54) is 12.8 Å². The second-order valence-corrected chi connectivity index (χ2v) is 6.22. The largest absolute Gasteiger partial charge is 0.354 e. The van der Waals surface area contributed by atoms with Gasteiger partial charge in [-0.05, 0) is 32.4 Å². The summed E-state index contributed by atoms with van der Waals surface area (Å²) in [5.74, 6) is -0.201. The number of hydrogen-bond donors (Lipinski definition) is 2. The Balaban J connectivity index is 0.00000242. The average Bonchev–Trinajstić information content (AvgIpc) is 3.35. The van der Waals surface area contributed by atoms with Gasteiger partial charge in [0.05, 0.1) is 5.92 Å². The molecule has 0 saturated heterocycles. The summed E-state index contributed by atoms with van der Waals surface area (Å²) in [4.78, 5) is 14.6. The minimum atomic E-state index is -0.261. The number of nitrogens with one attached hydrogen (secondary N) is 1. The van der Waals surface area contributed by atoms with Gasteiger partial charge in [-0.15, -0.1) is 24.8 Å². The zero-order valence-corrected chi connectivity index (χ0v) is 15.7. The van der Waals surface area contributed by atoms with Gasteiger partial charge in [0.2, 0.25) is 5.91 Å². The Morgan fingerprint density at radius 3 is 2.35 bits per heavy atom. The first-order chi connectivity index (χ1) is 10.0. The van der Waals surface area contributed by atoms with E-state index in [-0.39, 0.29) is 42.7 Å². The van der Waals surface area contributed by atoms with Gasteiger partial charge in [-0.2, -0.15) is 0 Å². The van der Waals surface area contributed by atoms with Gasteiger partial charge in [-0.1, -0.05) is 37.3 Å². The molecular formula is C17H29Cl2N3O. The second kappa shape index (κ2) is 10.1. The molecule has 1 aliphatic rings. The molecule has 4 nitrogen and oxygen atoms in total. The molecule has 1 amide bonds. The maximum absolute atomic E-state index is 12.3. The van der Waals surface area contributed by atoms with Crippen LogP contribution in [0.1, 0.15) is 38.3 Å².